The van der Waals surface area contributed by atoms with Gasteiger partial charge < -0.3 is 5.11 Å². The summed E-state index contributed by atoms with van der Waals surface area (Å²) < 4.78 is 0. The zero-order chi connectivity index (χ0) is 10.1. The highest BCUT2D eigenvalue weighted by Crippen LogP contribution is 2.32. The Labute approximate surface area is 85.3 Å². The van der Waals surface area contributed by atoms with Crippen LogP contribution in [0.4, 0.5) is 0 Å². The second-order valence-electron chi connectivity index (χ2n) is 4.73. The van der Waals surface area contributed by atoms with E-state index in [2.05, 4.69) is 17.9 Å². The van der Waals surface area contributed by atoms with E-state index in [0.717, 1.165) is 25.9 Å². The van der Waals surface area contributed by atoms with Gasteiger partial charge in [0.2, 0.25) is 0 Å². The molecular weight excluding hydrogens is 176 g/mol. The lowest BCUT2D eigenvalue weighted by Crippen LogP contribution is -2.36. The maximum absolute atomic E-state index is 9.66. The van der Waals surface area contributed by atoms with Crippen molar-refractivity contribution in [3.05, 3.63) is 0 Å². The van der Waals surface area contributed by atoms with Crippen LogP contribution >= 0.6 is 0 Å². The minimum atomic E-state index is -0.185. The van der Waals surface area contributed by atoms with E-state index in [9.17, 15) is 5.11 Å². The number of aliphatic hydroxyl groups is 1. The van der Waals surface area contributed by atoms with Gasteiger partial charge in [-0.3, -0.25) is 4.90 Å². The van der Waals surface area contributed by atoms with E-state index in [0.29, 0.717) is 12.0 Å². The van der Waals surface area contributed by atoms with E-state index in [-0.39, 0.29) is 12.0 Å². The van der Waals surface area contributed by atoms with Crippen LogP contribution in [0.5, 0.6) is 0 Å². The Kier molecular flexibility index (Phi) is 2.76. The normalized spacial score (nSPS) is 44.1. The first-order valence-corrected chi connectivity index (χ1v) is 5.54. The van der Waals surface area contributed by atoms with Crippen LogP contribution in [0, 0.1) is 23.2 Å². The first-order chi connectivity index (χ1) is 6.72. The van der Waals surface area contributed by atoms with Crippen LogP contribution in [-0.2, 0) is 0 Å². The van der Waals surface area contributed by atoms with Crippen LogP contribution in [0.25, 0.3) is 0 Å². The zero-order valence-electron chi connectivity index (χ0n) is 8.69. The van der Waals surface area contributed by atoms with Gasteiger partial charge in [0.15, 0.2) is 0 Å². The first kappa shape index (κ1) is 9.95. The number of nitrogens with zero attached hydrogens (tertiary/aromatic N) is 2. The number of hydrogen-bond acceptors (Lipinski definition) is 3. The smallest absolute Gasteiger partial charge is 0.0704 e. The molecule has 1 N–H and O–H groups in total. The molecule has 14 heavy (non-hydrogen) atoms. The van der Waals surface area contributed by atoms with Gasteiger partial charge in [-0.25, -0.2) is 0 Å². The van der Waals surface area contributed by atoms with Gasteiger partial charge in [0.25, 0.3) is 0 Å². The van der Waals surface area contributed by atoms with E-state index in [1.165, 1.54) is 6.42 Å². The first-order valence-electron chi connectivity index (χ1n) is 5.54. The molecule has 3 nitrogen and oxygen atoms in total. The number of hydrogen-bond donors (Lipinski definition) is 1. The number of likely N-dealkylation sites (tertiary alicyclic amines) is 1. The van der Waals surface area contributed by atoms with Crippen molar-refractivity contribution in [2.45, 2.75) is 38.3 Å². The van der Waals surface area contributed by atoms with Crippen molar-refractivity contribution < 1.29 is 5.11 Å². The molecule has 4 unspecified atom stereocenters. The molecule has 1 heterocycles. The molecule has 2 aliphatic rings. The highest BCUT2D eigenvalue weighted by molar-refractivity contribution is 5.00. The lowest BCUT2D eigenvalue weighted by atomic mass is 10.0. The summed E-state index contributed by atoms with van der Waals surface area (Å²) in [5, 5.41) is 18.7. The molecule has 0 aromatic carbocycles. The summed E-state index contributed by atoms with van der Waals surface area (Å²) in [7, 11) is 0. The van der Waals surface area contributed by atoms with Crippen molar-refractivity contribution in [1.29, 1.82) is 5.26 Å². The highest BCUT2D eigenvalue weighted by atomic mass is 16.3. The summed E-state index contributed by atoms with van der Waals surface area (Å²) in [6.45, 7) is 3.81. The van der Waals surface area contributed by atoms with E-state index in [1.807, 2.05) is 0 Å². The molecule has 3 heteroatoms. The standard InChI is InChI=1S/C11H18N2O/c1-8-6-13(7-11(8)14)10-4-2-3-9(10)5-12/h8-11,14H,2-4,6-7H2,1H3. The molecule has 0 bridgehead atoms. The summed E-state index contributed by atoms with van der Waals surface area (Å²) in [6, 6.07) is 2.81. The predicted octanol–water partition coefficient (Wildman–Crippen LogP) is 0.991. The number of rotatable bonds is 1. The predicted molar refractivity (Wildman–Crippen MR) is 53.5 cm³/mol. The minimum absolute atomic E-state index is 0.185. The molecule has 1 aliphatic heterocycles. The Morgan fingerprint density at radius 2 is 2.14 bits per heavy atom. The molecule has 0 aromatic heterocycles. The molecule has 78 valence electrons. The summed E-state index contributed by atoms with van der Waals surface area (Å²) in [5.74, 6) is 0.572. The van der Waals surface area contributed by atoms with Crippen LogP contribution in [0.1, 0.15) is 26.2 Å². The molecule has 0 spiro atoms. The number of nitriles is 1. The van der Waals surface area contributed by atoms with Gasteiger partial charge in [0.1, 0.15) is 0 Å². The second kappa shape index (κ2) is 3.88. The molecule has 1 saturated carbocycles. The van der Waals surface area contributed by atoms with Crippen molar-refractivity contribution in [3.8, 4) is 6.07 Å². The van der Waals surface area contributed by atoms with Gasteiger partial charge >= 0.3 is 0 Å². The lowest BCUT2D eigenvalue weighted by molar-refractivity contribution is 0.138. The molecule has 2 fully saturated rings. The fourth-order valence-electron chi connectivity index (χ4n) is 2.79. The van der Waals surface area contributed by atoms with Crippen molar-refractivity contribution in [2.24, 2.45) is 11.8 Å². The molecule has 4 atom stereocenters. The molecule has 0 radical (unpaired) electrons. The lowest BCUT2D eigenvalue weighted by Gasteiger charge is -2.25. The monoisotopic (exact) mass is 194 g/mol. The van der Waals surface area contributed by atoms with Gasteiger partial charge in [0.05, 0.1) is 18.1 Å². The molecule has 0 aromatic rings. The van der Waals surface area contributed by atoms with Crippen LogP contribution in [0.3, 0.4) is 0 Å². The topological polar surface area (TPSA) is 47.3 Å². The molecule has 1 saturated heterocycles. The Morgan fingerprint density at radius 3 is 2.71 bits per heavy atom. The fraction of sp³-hybridized carbons (Fsp3) is 0.909. The summed E-state index contributed by atoms with van der Waals surface area (Å²) in [6.07, 6.45) is 3.17. The third-order valence-electron chi connectivity index (χ3n) is 3.72. The zero-order valence-corrected chi connectivity index (χ0v) is 8.69. The molecule has 1 aliphatic carbocycles. The maximum atomic E-state index is 9.66. The summed E-state index contributed by atoms with van der Waals surface area (Å²) in [4.78, 5) is 2.32. The van der Waals surface area contributed by atoms with Gasteiger partial charge in [-0.15, -0.1) is 0 Å². The van der Waals surface area contributed by atoms with Crippen LogP contribution < -0.4 is 0 Å². The Hall–Kier alpha value is -0.590. The van der Waals surface area contributed by atoms with Crippen molar-refractivity contribution in [3.63, 3.8) is 0 Å². The van der Waals surface area contributed by atoms with Crippen LogP contribution in [0.15, 0.2) is 0 Å². The van der Waals surface area contributed by atoms with Gasteiger partial charge in [-0.2, -0.15) is 5.26 Å². The second-order valence-corrected chi connectivity index (χ2v) is 4.73. The van der Waals surface area contributed by atoms with Gasteiger partial charge in [0, 0.05) is 19.1 Å². The minimum Gasteiger partial charge on any atom is -0.391 e. The van der Waals surface area contributed by atoms with E-state index >= 15 is 0 Å². The summed E-state index contributed by atoms with van der Waals surface area (Å²) >= 11 is 0. The third-order valence-corrected chi connectivity index (χ3v) is 3.72. The number of aliphatic hydroxyl groups excluding tert-OH is 1. The highest BCUT2D eigenvalue weighted by Gasteiger charge is 2.38. The average molecular weight is 194 g/mol. The fourth-order valence-corrected chi connectivity index (χ4v) is 2.79. The SMILES string of the molecule is CC1CN(C2CCCC2C#N)CC1O. The van der Waals surface area contributed by atoms with Crippen LogP contribution in [-0.4, -0.2) is 35.2 Å². The Bertz CT molecular complexity index is 238. The average Bonchev–Trinajstić information content (AvgIpc) is 2.73. The summed E-state index contributed by atoms with van der Waals surface area (Å²) in [5.41, 5.74) is 0. The van der Waals surface area contributed by atoms with E-state index < -0.39 is 0 Å². The molecule has 0 amide bonds. The van der Waals surface area contributed by atoms with Crippen LogP contribution in [0.2, 0.25) is 0 Å². The largest absolute Gasteiger partial charge is 0.391 e. The Morgan fingerprint density at radius 1 is 1.36 bits per heavy atom. The van der Waals surface area contributed by atoms with Crippen molar-refractivity contribution >= 4 is 0 Å². The van der Waals surface area contributed by atoms with E-state index in [1.54, 1.807) is 0 Å². The van der Waals surface area contributed by atoms with E-state index in [4.69, 9.17) is 5.26 Å². The molecular formula is C11H18N2O. The van der Waals surface area contributed by atoms with Crippen molar-refractivity contribution in [2.75, 3.05) is 13.1 Å². The third kappa shape index (κ3) is 1.65. The van der Waals surface area contributed by atoms with Gasteiger partial charge in [-0.05, 0) is 18.8 Å². The molecule has 2 rings (SSSR count). The Balaban J connectivity index is 1.99. The quantitative estimate of drug-likeness (QED) is 0.677. The van der Waals surface area contributed by atoms with Crippen molar-refractivity contribution in [1.82, 2.24) is 4.90 Å². The maximum Gasteiger partial charge on any atom is 0.0704 e. The van der Waals surface area contributed by atoms with Gasteiger partial charge in [-0.1, -0.05) is 13.3 Å². The number of β-amino-alcohol motifs (C(OH)–C–C–N with tert-alkyl or cyclic N) is 1.